The molecule has 2 N–H and O–H groups in total. The Morgan fingerprint density at radius 3 is 2.10 bits per heavy atom. The molecule has 1 aliphatic rings. The molecule has 1 aliphatic carbocycles. The van der Waals surface area contributed by atoms with Crippen LogP contribution in [0.2, 0.25) is 0 Å². The molecule has 0 aromatic heterocycles. The van der Waals surface area contributed by atoms with E-state index in [1.165, 1.54) is 0 Å². The predicted molar refractivity (Wildman–Crippen MR) is 69.1 cm³/mol. The second kappa shape index (κ2) is 5.68. The van der Waals surface area contributed by atoms with E-state index in [4.69, 9.17) is 9.47 Å². The number of carbonyl (C=O) groups excluding carboxylic acids is 2. The molecule has 7 heteroatoms. The van der Waals surface area contributed by atoms with E-state index >= 15 is 0 Å². The van der Waals surface area contributed by atoms with Crippen LogP contribution in [0.15, 0.2) is 0 Å². The van der Waals surface area contributed by atoms with Gasteiger partial charge in [-0.05, 0) is 40.0 Å². The van der Waals surface area contributed by atoms with Crippen molar-refractivity contribution in [2.75, 3.05) is 0 Å². The smallest absolute Gasteiger partial charge is 0.408 e. The molecule has 0 aliphatic heterocycles. The van der Waals surface area contributed by atoms with Gasteiger partial charge in [-0.2, -0.15) is 0 Å². The quantitative estimate of drug-likeness (QED) is 0.759. The molecule has 0 aromatic rings. The van der Waals surface area contributed by atoms with Crippen LogP contribution < -0.4 is 5.32 Å². The summed E-state index contributed by atoms with van der Waals surface area (Å²) < 4.78 is 9.96. The Hall–Kier alpha value is -1.79. The summed E-state index contributed by atoms with van der Waals surface area (Å²) in [5.41, 5.74) is -1.77. The van der Waals surface area contributed by atoms with Crippen LogP contribution in [-0.2, 0) is 19.1 Å². The number of carbonyl (C=O) groups is 3. The highest BCUT2D eigenvalue weighted by atomic mass is 16.6. The van der Waals surface area contributed by atoms with E-state index < -0.39 is 35.3 Å². The van der Waals surface area contributed by atoms with E-state index in [1.54, 1.807) is 20.8 Å². The van der Waals surface area contributed by atoms with Crippen molar-refractivity contribution >= 4 is 18.0 Å². The van der Waals surface area contributed by atoms with Gasteiger partial charge in [-0.25, -0.2) is 9.59 Å². The molecule has 0 bridgehead atoms. The number of nitrogens with one attached hydrogen (secondary N) is 1. The monoisotopic (exact) mass is 287 g/mol. The summed E-state index contributed by atoms with van der Waals surface area (Å²) in [4.78, 5) is 34.1. The van der Waals surface area contributed by atoms with Gasteiger partial charge in [0.15, 0.2) is 0 Å². The van der Waals surface area contributed by atoms with Crippen molar-refractivity contribution in [1.29, 1.82) is 0 Å². The largest absolute Gasteiger partial charge is 0.478 e. The molecule has 1 saturated carbocycles. The summed E-state index contributed by atoms with van der Waals surface area (Å²) in [6, 6.07) is 0. The molecule has 1 amide bonds. The minimum Gasteiger partial charge on any atom is -0.478 e. The zero-order chi connectivity index (χ0) is 15.6. The summed E-state index contributed by atoms with van der Waals surface area (Å²) in [5.74, 6) is -1.98. The number of carboxylic acids is 1. The zero-order valence-corrected chi connectivity index (χ0v) is 12.2. The number of amides is 1. The average Bonchev–Trinajstić information content (AvgIpc) is 2.17. The van der Waals surface area contributed by atoms with Gasteiger partial charge in [0, 0.05) is 6.92 Å². The first-order chi connectivity index (χ1) is 9.06. The Balaban J connectivity index is 2.82. The molecule has 1 unspecified atom stereocenters. The highest BCUT2D eigenvalue weighted by Gasteiger charge is 2.51. The summed E-state index contributed by atoms with van der Waals surface area (Å²) in [5, 5.41) is 11.8. The van der Waals surface area contributed by atoms with E-state index in [-0.39, 0.29) is 0 Å². The van der Waals surface area contributed by atoms with Crippen molar-refractivity contribution in [1.82, 2.24) is 5.32 Å². The first-order valence-electron chi connectivity index (χ1n) is 6.47. The minimum atomic E-state index is -1.40. The van der Waals surface area contributed by atoms with Crippen molar-refractivity contribution in [2.24, 2.45) is 0 Å². The normalized spacial score (nSPS) is 18.4. The molecule has 0 radical (unpaired) electrons. The maximum absolute atomic E-state index is 11.8. The van der Waals surface area contributed by atoms with E-state index in [0.29, 0.717) is 12.8 Å². The lowest BCUT2D eigenvalue weighted by molar-refractivity contribution is -0.172. The van der Waals surface area contributed by atoms with Gasteiger partial charge in [0.1, 0.15) is 5.60 Å². The number of carboxylic acid groups (broad SMARTS) is 1. The fourth-order valence-corrected chi connectivity index (χ4v) is 2.08. The maximum Gasteiger partial charge on any atom is 0.408 e. The van der Waals surface area contributed by atoms with Crippen LogP contribution in [0, 0.1) is 0 Å². The minimum absolute atomic E-state index is 0.427. The van der Waals surface area contributed by atoms with Gasteiger partial charge < -0.3 is 19.9 Å². The lowest BCUT2D eigenvalue weighted by Crippen LogP contribution is -2.64. The lowest BCUT2D eigenvalue weighted by atomic mass is 9.72. The Bertz CT molecular complexity index is 408. The van der Waals surface area contributed by atoms with Crippen molar-refractivity contribution in [3.63, 3.8) is 0 Å². The van der Waals surface area contributed by atoms with Crippen LogP contribution in [0.4, 0.5) is 4.79 Å². The number of hydrogen-bond donors (Lipinski definition) is 2. The second-order valence-electron chi connectivity index (χ2n) is 5.96. The molecule has 20 heavy (non-hydrogen) atoms. The highest BCUT2D eigenvalue weighted by Crippen LogP contribution is 2.37. The Morgan fingerprint density at radius 2 is 1.80 bits per heavy atom. The molecule has 1 atom stereocenters. The van der Waals surface area contributed by atoms with E-state index in [2.05, 4.69) is 5.32 Å². The molecule has 1 fully saturated rings. The molecule has 114 valence electrons. The summed E-state index contributed by atoms with van der Waals surface area (Å²) >= 11 is 0. The molecular formula is C13H21NO6. The van der Waals surface area contributed by atoms with Crippen LogP contribution in [-0.4, -0.2) is 40.4 Å². The summed E-state index contributed by atoms with van der Waals surface area (Å²) in [6.07, 6.45) is -0.509. The highest BCUT2D eigenvalue weighted by molar-refractivity contribution is 5.80. The predicted octanol–water partition coefficient (Wildman–Crippen LogP) is 1.45. The van der Waals surface area contributed by atoms with Crippen molar-refractivity contribution in [3.05, 3.63) is 0 Å². The first kappa shape index (κ1) is 16.3. The van der Waals surface area contributed by atoms with E-state index in [0.717, 1.165) is 13.3 Å². The fraction of sp³-hybridized carbons (Fsp3) is 0.769. The number of alkyl carbamates (subject to hydrolysis) is 1. The van der Waals surface area contributed by atoms with Crippen molar-refractivity contribution < 1.29 is 29.0 Å². The van der Waals surface area contributed by atoms with Crippen molar-refractivity contribution in [3.8, 4) is 0 Å². The summed E-state index contributed by atoms with van der Waals surface area (Å²) in [6.45, 7) is 6.26. The van der Waals surface area contributed by atoms with E-state index in [9.17, 15) is 19.5 Å². The topological polar surface area (TPSA) is 102 Å². The molecule has 0 saturated heterocycles. The van der Waals surface area contributed by atoms with Crippen LogP contribution in [0.25, 0.3) is 0 Å². The van der Waals surface area contributed by atoms with Crippen LogP contribution in [0.5, 0.6) is 0 Å². The average molecular weight is 287 g/mol. The first-order valence-corrected chi connectivity index (χ1v) is 6.47. The van der Waals surface area contributed by atoms with Gasteiger partial charge in [0.05, 0.1) is 5.54 Å². The Morgan fingerprint density at radius 1 is 1.25 bits per heavy atom. The van der Waals surface area contributed by atoms with Gasteiger partial charge in [-0.3, -0.25) is 4.79 Å². The SMILES string of the molecule is CC(=O)OC(C(=O)O)C1(NC(=O)OC(C)(C)C)CCC1. The number of ether oxygens (including phenoxy) is 2. The lowest BCUT2D eigenvalue weighted by Gasteiger charge is -2.45. The Labute approximate surface area is 117 Å². The van der Waals surface area contributed by atoms with E-state index in [1.807, 2.05) is 0 Å². The Kier molecular flexibility index (Phi) is 4.62. The van der Waals surface area contributed by atoms with Gasteiger partial charge in [-0.15, -0.1) is 0 Å². The molecule has 0 aromatic carbocycles. The molecule has 0 heterocycles. The standard InChI is InChI=1S/C13H21NO6/c1-8(15)19-9(10(16)17)13(6-5-7-13)14-11(18)20-12(2,3)4/h9H,5-7H2,1-4H3,(H,14,18)(H,16,17). The summed E-state index contributed by atoms with van der Waals surface area (Å²) in [7, 11) is 0. The third-order valence-electron chi connectivity index (χ3n) is 3.01. The second-order valence-corrected chi connectivity index (χ2v) is 5.96. The number of hydrogen-bond acceptors (Lipinski definition) is 5. The third-order valence-corrected chi connectivity index (χ3v) is 3.01. The van der Waals surface area contributed by atoms with Crippen LogP contribution >= 0.6 is 0 Å². The molecule has 0 spiro atoms. The van der Waals surface area contributed by atoms with Gasteiger partial charge in [0.2, 0.25) is 6.10 Å². The molecule has 7 nitrogen and oxygen atoms in total. The van der Waals surface area contributed by atoms with Gasteiger partial charge in [0.25, 0.3) is 0 Å². The maximum atomic E-state index is 11.8. The van der Waals surface area contributed by atoms with Gasteiger partial charge in [-0.1, -0.05) is 0 Å². The van der Waals surface area contributed by atoms with Gasteiger partial charge >= 0.3 is 18.0 Å². The van der Waals surface area contributed by atoms with Crippen molar-refractivity contribution in [2.45, 2.75) is 64.2 Å². The number of rotatable bonds is 4. The fourth-order valence-electron chi connectivity index (χ4n) is 2.08. The molecular weight excluding hydrogens is 266 g/mol. The number of esters is 1. The van der Waals surface area contributed by atoms with Crippen LogP contribution in [0.1, 0.15) is 47.0 Å². The zero-order valence-electron chi connectivity index (χ0n) is 12.2. The number of aliphatic carboxylic acids is 1. The molecule has 1 rings (SSSR count). The third kappa shape index (κ3) is 4.11. The van der Waals surface area contributed by atoms with Crippen LogP contribution in [0.3, 0.4) is 0 Å².